The topological polar surface area (TPSA) is 50.8 Å². The van der Waals surface area contributed by atoms with Crippen LogP contribution in [-0.2, 0) is 6.42 Å². The van der Waals surface area contributed by atoms with Gasteiger partial charge in [-0.05, 0) is 48.9 Å². The number of amides is 2. The molecule has 142 valence electrons. The summed E-state index contributed by atoms with van der Waals surface area (Å²) in [6.07, 6.45) is 3.93. The molecular formula is C22H26N2O3. The minimum atomic E-state index is 0.0282. The number of carbonyl (C=O) groups is 1. The Morgan fingerprint density at radius 2 is 1.89 bits per heavy atom. The standard InChI is InChI=1S/C22H26N2O3/c25-22(23-12-4-8-17-6-2-1-3-7-17)24-13-5-9-19(24)18-10-11-20-21(16-18)27-15-14-26-20/h1-3,6-7,10-11,16,19H,4-5,8-9,12-15H2,(H,23,25). The van der Waals surface area contributed by atoms with E-state index in [1.165, 1.54) is 5.56 Å². The Morgan fingerprint density at radius 3 is 2.74 bits per heavy atom. The minimum Gasteiger partial charge on any atom is -0.486 e. The van der Waals surface area contributed by atoms with Crippen LogP contribution in [0.2, 0.25) is 0 Å². The number of fused-ring (bicyclic) bond motifs is 1. The summed E-state index contributed by atoms with van der Waals surface area (Å²) < 4.78 is 11.3. The summed E-state index contributed by atoms with van der Waals surface area (Å²) in [6, 6.07) is 16.6. The molecule has 2 aliphatic heterocycles. The molecule has 2 aromatic carbocycles. The molecule has 2 aromatic rings. The number of ether oxygens (including phenoxy) is 2. The lowest BCUT2D eigenvalue weighted by Crippen LogP contribution is -2.40. The Labute approximate surface area is 160 Å². The maximum Gasteiger partial charge on any atom is 0.317 e. The first-order valence-corrected chi connectivity index (χ1v) is 9.79. The van der Waals surface area contributed by atoms with E-state index in [1.807, 2.05) is 23.1 Å². The largest absolute Gasteiger partial charge is 0.486 e. The van der Waals surface area contributed by atoms with E-state index in [2.05, 4.69) is 35.6 Å². The highest BCUT2D eigenvalue weighted by Crippen LogP contribution is 2.38. The summed E-state index contributed by atoms with van der Waals surface area (Å²) in [5.74, 6) is 1.58. The van der Waals surface area contributed by atoms with Crippen molar-refractivity contribution in [1.82, 2.24) is 10.2 Å². The zero-order valence-electron chi connectivity index (χ0n) is 15.5. The second kappa shape index (κ2) is 8.33. The lowest BCUT2D eigenvalue weighted by atomic mass is 10.0. The van der Waals surface area contributed by atoms with Crippen LogP contribution in [0.25, 0.3) is 0 Å². The fourth-order valence-corrected chi connectivity index (χ4v) is 3.86. The molecule has 0 bridgehead atoms. The molecule has 2 aliphatic rings. The van der Waals surface area contributed by atoms with E-state index in [4.69, 9.17) is 9.47 Å². The molecule has 1 unspecified atom stereocenters. The van der Waals surface area contributed by atoms with Crippen LogP contribution in [0, 0.1) is 0 Å². The molecular weight excluding hydrogens is 340 g/mol. The van der Waals surface area contributed by atoms with Crippen molar-refractivity contribution in [2.24, 2.45) is 0 Å². The van der Waals surface area contributed by atoms with Gasteiger partial charge in [0.1, 0.15) is 13.2 Å². The molecule has 1 atom stereocenters. The van der Waals surface area contributed by atoms with Crippen LogP contribution in [0.3, 0.4) is 0 Å². The fraction of sp³-hybridized carbons (Fsp3) is 0.409. The van der Waals surface area contributed by atoms with Crippen molar-refractivity contribution < 1.29 is 14.3 Å². The molecule has 1 N–H and O–H groups in total. The summed E-state index contributed by atoms with van der Waals surface area (Å²) >= 11 is 0. The fourth-order valence-electron chi connectivity index (χ4n) is 3.86. The molecule has 0 aliphatic carbocycles. The third kappa shape index (κ3) is 4.18. The number of likely N-dealkylation sites (tertiary alicyclic amines) is 1. The van der Waals surface area contributed by atoms with Gasteiger partial charge >= 0.3 is 6.03 Å². The van der Waals surface area contributed by atoms with Crippen LogP contribution in [0.15, 0.2) is 48.5 Å². The van der Waals surface area contributed by atoms with Gasteiger partial charge in [0.05, 0.1) is 6.04 Å². The van der Waals surface area contributed by atoms with Gasteiger partial charge in [-0.15, -0.1) is 0 Å². The number of carbonyl (C=O) groups excluding carboxylic acids is 1. The molecule has 0 saturated carbocycles. The molecule has 1 fully saturated rings. The van der Waals surface area contributed by atoms with E-state index in [9.17, 15) is 4.79 Å². The van der Waals surface area contributed by atoms with Crippen LogP contribution in [0.1, 0.15) is 36.4 Å². The molecule has 4 rings (SSSR count). The second-order valence-corrected chi connectivity index (χ2v) is 7.08. The zero-order chi connectivity index (χ0) is 18.5. The quantitative estimate of drug-likeness (QED) is 0.816. The molecule has 2 amide bonds. The normalized spacial score (nSPS) is 18.4. The predicted molar refractivity (Wildman–Crippen MR) is 104 cm³/mol. The zero-order valence-corrected chi connectivity index (χ0v) is 15.5. The molecule has 5 heteroatoms. The minimum absolute atomic E-state index is 0.0282. The van der Waals surface area contributed by atoms with E-state index in [0.717, 1.165) is 49.3 Å². The lowest BCUT2D eigenvalue weighted by Gasteiger charge is -2.27. The summed E-state index contributed by atoms with van der Waals surface area (Å²) in [4.78, 5) is 14.6. The summed E-state index contributed by atoms with van der Waals surface area (Å²) in [5.41, 5.74) is 2.43. The number of urea groups is 1. The number of hydrogen-bond acceptors (Lipinski definition) is 3. The second-order valence-electron chi connectivity index (χ2n) is 7.08. The van der Waals surface area contributed by atoms with Gasteiger partial charge in [-0.25, -0.2) is 4.79 Å². The van der Waals surface area contributed by atoms with Crippen molar-refractivity contribution in [3.05, 3.63) is 59.7 Å². The Hall–Kier alpha value is -2.69. The van der Waals surface area contributed by atoms with Gasteiger partial charge in [0.15, 0.2) is 11.5 Å². The molecule has 2 heterocycles. The summed E-state index contributed by atoms with van der Waals surface area (Å²) in [5, 5.41) is 3.09. The number of nitrogens with one attached hydrogen (secondary N) is 1. The van der Waals surface area contributed by atoms with Gasteiger partial charge in [-0.3, -0.25) is 0 Å². The van der Waals surface area contributed by atoms with E-state index >= 15 is 0 Å². The van der Waals surface area contributed by atoms with Gasteiger partial charge < -0.3 is 19.7 Å². The summed E-state index contributed by atoms with van der Waals surface area (Å²) in [6.45, 7) is 2.65. The Kier molecular flexibility index (Phi) is 5.47. The van der Waals surface area contributed by atoms with Crippen LogP contribution in [-0.4, -0.2) is 37.2 Å². The van der Waals surface area contributed by atoms with Crippen molar-refractivity contribution in [3.63, 3.8) is 0 Å². The van der Waals surface area contributed by atoms with Crippen molar-refractivity contribution in [2.45, 2.75) is 31.7 Å². The highest BCUT2D eigenvalue weighted by atomic mass is 16.6. The van der Waals surface area contributed by atoms with E-state index in [0.29, 0.717) is 19.8 Å². The van der Waals surface area contributed by atoms with Gasteiger partial charge in [0, 0.05) is 13.1 Å². The van der Waals surface area contributed by atoms with Gasteiger partial charge in [-0.1, -0.05) is 36.4 Å². The molecule has 0 radical (unpaired) electrons. The third-order valence-corrected chi connectivity index (χ3v) is 5.23. The SMILES string of the molecule is O=C(NCCCc1ccccc1)N1CCCC1c1ccc2c(c1)OCCO2. The van der Waals surface area contributed by atoms with Crippen molar-refractivity contribution in [2.75, 3.05) is 26.3 Å². The van der Waals surface area contributed by atoms with Crippen molar-refractivity contribution in [3.8, 4) is 11.5 Å². The highest BCUT2D eigenvalue weighted by molar-refractivity contribution is 5.75. The van der Waals surface area contributed by atoms with Crippen LogP contribution in [0.4, 0.5) is 4.79 Å². The molecule has 5 nitrogen and oxygen atoms in total. The molecule has 0 aromatic heterocycles. The molecule has 0 spiro atoms. The first-order chi connectivity index (χ1) is 13.3. The van der Waals surface area contributed by atoms with E-state index in [-0.39, 0.29) is 12.1 Å². The first-order valence-electron chi connectivity index (χ1n) is 9.79. The third-order valence-electron chi connectivity index (χ3n) is 5.23. The lowest BCUT2D eigenvalue weighted by molar-refractivity contribution is 0.170. The van der Waals surface area contributed by atoms with Crippen molar-refractivity contribution >= 4 is 6.03 Å². The van der Waals surface area contributed by atoms with E-state index in [1.54, 1.807) is 0 Å². The molecule has 27 heavy (non-hydrogen) atoms. The number of benzene rings is 2. The monoisotopic (exact) mass is 366 g/mol. The number of aryl methyl sites for hydroxylation is 1. The number of nitrogens with zero attached hydrogens (tertiary/aromatic N) is 1. The van der Waals surface area contributed by atoms with Gasteiger partial charge in [0.2, 0.25) is 0 Å². The highest BCUT2D eigenvalue weighted by Gasteiger charge is 2.30. The Morgan fingerprint density at radius 1 is 1.07 bits per heavy atom. The average molecular weight is 366 g/mol. The Bertz CT molecular complexity index is 778. The number of hydrogen-bond donors (Lipinski definition) is 1. The Balaban J connectivity index is 1.33. The number of rotatable bonds is 5. The van der Waals surface area contributed by atoms with Crippen molar-refractivity contribution in [1.29, 1.82) is 0 Å². The first kappa shape index (κ1) is 17.7. The van der Waals surface area contributed by atoms with Crippen LogP contribution in [0.5, 0.6) is 11.5 Å². The van der Waals surface area contributed by atoms with E-state index < -0.39 is 0 Å². The maximum atomic E-state index is 12.7. The smallest absolute Gasteiger partial charge is 0.317 e. The summed E-state index contributed by atoms with van der Waals surface area (Å²) in [7, 11) is 0. The van der Waals surface area contributed by atoms with Crippen LogP contribution < -0.4 is 14.8 Å². The predicted octanol–water partition coefficient (Wildman–Crippen LogP) is 3.94. The van der Waals surface area contributed by atoms with Gasteiger partial charge in [-0.2, -0.15) is 0 Å². The molecule has 1 saturated heterocycles. The van der Waals surface area contributed by atoms with Crippen LogP contribution >= 0.6 is 0 Å². The van der Waals surface area contributed by atoms with Gasteiger partial charge in [0.25, 0.3) is 0 Å². The average Bonchev–Trinajstić information content (AvgIpc) is 3.21. The maximum absolute atomic E-state index is 12.7.